The predicted molar refractivity (Wildman–Crippen MR) is 126 cm³/mol. The largest absolute Gasteiger partial charge is 0.389 e. The fraction of sp³-hybridized carbons (Fsp3) is 1.00. The highest BCUT2D eigenvalue weighted by Gasteiger charge is 2.09. The molecule has 0 aromatic heterocycles. The highest BCUT2D eigenvalue weighted by molar-refractivity contribution is 4.62. The molecule has 0 spiro atoms. The fourth-order valence-electron chi connectivity index (χ4n) is 3.24. The summed E-state index contributed by atoms with van der Waals surface area (Å²) in [5.74, 6) is 0.627. The maximum Gasteiger partial charge on any atom is 0.0897 e. The molecule has 6 nitrogen and oxygen atoms in total. The Morgan fingerprint density at radius 3 is 1.77 bits per heavy atom. The summed E-state index contributed by atoms with van der Waals surface area (Å²) < 4.78 is 11.1. The van der Waals surface area contributed by atoms with Crippen molar-refractivity contribution in [1.29, 1.82) is 0 Å². The molecule has 0 aromatic carbocycles. The van der Waals surface area contributed by atoms with E-state index in [1.165, 1.54) is 32.1 Å². The van der Waals surface area contributed by atoms with Crippen LogP contribution in [0.2, 0.25) is 0 Å². The number of hydrogen-bond donors (Lipinski definition) is 4. The van der Waals surface area contributed by atoms with Crippen molar-refractivity contribution in [2.45, 2.75) is 97.2 Å². The van der Waals surface area contributed by atoms with Crippen LogP contribution in [0.1, 0.15) is 85.0 Å². The van der Waals surface area contributed by atoms with Gasteiger partial charge >= 0.3 is 0 Å². The first kappa shape index (κ1) is 29.8. The molecule has 0 fully saturated rings. The lowest BCUT2D eigenvalue weighted by molar-refractivity contribution is 0.0194. The molecule has 0 aliphatic heterocycles. The number of nitrogens with one attached hydrogen (secondary N) is 2. The lowest BCUT2D eigenvalue weighted by atomic mass is 10.0. The third-order valence-corrected chi connectivity index (χ3v) is 5.38. The molecule has 6 heteroatoms. The summed E-state index contributed by atoms with van der Waals surface area (Å²) in [5.41, 5.74) is 0. The van der Waals surface area contributed by atoms with Crippen LogP contribution in [0.5, 0.6) is 0 Å². The molecule has 4 N–H and O–H groups in total. The number of ether oxygens (including phenoxy) is 2. The van der Waals surface area contributed by atoms with Crippen molar-refractivity contribution in [2.75, 3.05) is 52.6 Å². The zero-order valence-corrected chi connectivity index (χ0v) is 20.2. The van der Waals surface area contributed by atoms with Gasteiger partial charge in [0.25, 0.3) is 0 Å². The highest BCUT2D eigenvalue weighted by Crippen LogP contribution is 2.12. The summed E-state index contributed by atoms with van der Waals surface area (Å²) in [6.45, 7) is 12.0. The topological polar surface area (TPSA) is 83.0 Å². The van der Waals surface area contributed by atoms with Gasteiger partial charge in [-0.2, -0.15) is 0 Å². The number of unbranched alkanes of at least 4 members (excludes halogenated alkanes) is 5. The minimum atomic E-state index is -0.421. The molecule has 0 radical (unpaired) electrons. The molecular formula is C24H52N2O4. The van der Waals surface area contributed by atoms with Crippen LogP contribution in [0, 0.1) is 5.92 Å². The Balaban J connectivity index is 3.34. The molecule has 0 aliphatic rings. The van der Waals surface area contributed by atoms with E-state index in [1.807, 2.05) is 0 Å². The van der Waals surface area contributed by atoms with Crippen molar-refractivity contribution in [2.24, 2.45) is 5.92 Å². The third-order valence-electron chi connectivity index (χ3n) is 5.38. The standard InChI is InChI=1S/C24H52N2O4/c1-4-7-13-22(6-3)19-30-21-24(28)18-26-15-12-10-9-11-14-25-17-23(27)20-29-16-8-5-2/h22-28H,4-21H2,1-3H3. The Kier molecular flexibility index (Phi) is 23.2. The number of hydrogen-bond acceptors (Lipinski definition) is 6. The minimum Gasteiger partial charge on any atom is -0.389 e. The summed E-state index contributed by atoms with van der Waals surface area (Å²) in [6.07, 6.45) is 10.8. The first-order valence-electron chi connectivity index (χ1n) is 12.6. The van der Waals surface area contributed by atoms with Crippen LogP contribution < -0.4 is 10.6 Å². The second-order valence-corrected chi connectivity index (χ2v) is 8.51. The summed E-state index contributed by atoms with van der Waals surface area (Å²) in [5, 5.41) is 26.4. The Hall–Kier alpha value is -0.240. The van der Waals surface area contributed by atoms with Crippen molar-refractivity contribution < 1.29 is 19.7 Å². The SMILES string of the molecule is CCCCOCC(O)CNCCCCCCNCC(O)COCC(CC)CCCC. The smallest absolute Gasteiger partial charge is 0.0897 e. The Morgan fingerprint density at radius 2 is 1.23 bits per heavy atom. The monoisotopic (exact) mass is 432 g/mol. The van der Waals surface area contributed by atoms with E-state index in [-0.39, 0.29) is 0 Å². The quantitative estimate of drug-likeness (QED) is 0.175. The summed E-state index contributed by atoms with van der Waals surface area (Å²) in [4.78, 5) is 0. The second kappa shape index (κ2) is 23.4. The molecule has 3 unspecified atom stereocenters. The zero-order valence-electron chi connectivity index (χ0n) is 20.2. The summed E-state index contributed by atoms with van der Waals surface area (Å²) in [6, 6.07) is 0. The van der Waals surface area contributed by atoms with Gasteiger partial charge in [0.15, 0.2) is 0 Å². The normalized spacial score (nSPS) is 14.7. The van der Waals surface area contributed by atoms with Crippen molar-refractivity contribution in [1.82, 2.24) is 10.6 Å². The van der Waals surface area contributed by atoms with Gasteiger partial charge in [-0.3, -0.25) is 0 Å². The van der Waals surface area contributed by atoms with Crippen molar-refractivity contribution >= 4 is 0 Å². The van der Waals surface area contributed by atoms with E-state index in [9.17, 15) is 10.2 Å². The molecule has 182 valence electrons. The van der Waals surface area contributed by atoms with Crippen LogP contribution in [0.3, 0.4) is 0 Å². The Bertz CT molecular complexity index is 334. The zero-order chi connectivity index (χ0) is 22.3. The first-order chi connectivity index (χ1) is 14.6. The molecule has 0 rings (SSSR count). The van der Waals surface area contributed by atoms with Crippen molar-refractivity contribution in [3.63, 3.8) is 0 Å². The maximum absolute atomic E-state index is 10.0. The van der Waals surface area contributed by atoms with Crippen LogP contribution in [-0.2, 0) is 9.47 Å². The third kappa shape index (κ3) is 21.0. The lowest BCUT2D eigenvalue weighted by Crippen LogP contribution is -2.31. The van der Waals surface area contributed by atoms with Crippen LogP contribution in [-0.4, -0.2) is 75.0 Å². The maximum atomic E-state index is 10.0. The Morgan fingerprint density at radius 1 is 0.667 bits per heavy atom. The van der Waals surface area contributed by atoms with Crippen LogP contribution in [0.4, 0.5) is 0 Å². The van der Waals surface area contributed by atoms with E-state index in [1.54, 1.807) is 0 Å². The molecule has 0 bridgehead atoms. The van der Waals surface area contributed by atoms with E-state index >= 15 is 0 Å². The van der Waals surface area contributed by atoms with E-state index in [2.05, 4.69) is 31.4 Å². The van der Waals surface area contributed by atoms with Gasteiger partial charge in [0, 0.05) is 26.3 Å². The van der Waals surface area contributed by atoms with Crippen molar-refractivity contribution in [3.8, 4) is 0 Å². The van der Waals surface area contributed by atoms with E-state index < -0.39 is 12.2 Å². The van der Waals surface area contributed by atoms with Gasteiger partial charge in [-0.05, 0) is 44.7 Å². The number of aliphatic hydroxyl groups excluding tert-OH is 2. The molecule has 0 aromatic rings. The molecule has 30 heavy (non-hydrogen) atoms. The van der Waals surface area contributed by atoms with Gasteiger partial charge in [-0.25, -0.2) is 0 Å². The number of rotatable bonds is 24. The fourth-order valence-corrected chi connectivity index (χ4v) is 3.24. The van der Waals surface area contributed by atoms with E-state index in [0.29, 0.717) is 32.2 Å². The van der Waals surface area contributed by atoms with Crippen LogP contribution in [0.15, 0.2) is 0 Å². The van der Waals surface area contributed by atoms with Crippen molar-refractivity contribution in [3.05, 3.63) is 0 Å². The molecule has 3 atom stereocenters. The molecule has 0 aliphatic carbocycles. The summed E-state index contributed by atoms with van der Waals surface area (Å²) in [7, 11) is 0. The lowest BCUT2D eigenvalue weighted by Gasteiger charge is -2.17. The van der Waals surface area contributed by atoms with Gasteiger partial charge in [0.1, 0.15) is 0 Å². The summed E-state index contributed by atoms with van der Waals surface area (Å²) >= 11 is 0. The van der Waals surface area contributed by atoms with Gasteiger partial charge in [-0.15, -0.1) is 0 Å². The average Bonchev–Trinajstić information content (AvgIpc) is 2.74. The molecule has 0 saturated carbocycles. The van der Waals surface area contributed by atoms with E-state index in [0.717, 1.165) is 58.4 Å². The predicted octanol–water partition coefficient (Wildman–Crippen LogP) is 3.50. The molecule has 0 saturated heterocycles. The Labute approximate surface area is 186 Å². The van der Waals surface area contributed by atoms with Gasteiger partial charge in [0.05, 0.1) is 25.4 Å². The molecular weight excluding hydrogens is 380 g/mol. The molecule has 0 heterocycles. The second-order valence-electron chi connectivity index (χ2n) is 8.51. The van der Waals surface area contributed by atoms with Gasteiger partial charge < -0.3 is 30.3 Å². The van der Waals surface area contributed by atoms with Gasteiger partial charge in [-0.1, -0.05) is 59.3 Å². The number of aliphatic hydroxyl groups is 2. The van der Waals surface area contributed by atoms with Crippen LogP contribution in [0.25, 0.3) is 0 Å². The average molecular weight is 433 g/mol. The van der Waals surface area contributed by atoms with Gasteiger partial charge in [0.2, 0.25) is 0 Å². The molecule has 0 amide bonds. The first-order valence-corrected chi connectivity index (χ1v) is 12.6. The highest BCUT2D eigenvalue weighted by atomic mass is 16.5. The van der Waals surface area contributed by atoms with Crippen LogP contribution >= 0.6 is 0 Å². The van der Waals surface area contributed by atoms with E-state index in [4.69, 9.17) is 9.47 Å². The minimum absolute atomic E-state index is 0.411.